The Morgan fingerprint density at radius 3 is 0.722 bits per heavy atom. The molecule has 1 fully saturated rings. The molecule has 34 heteroatoms. The van der Waals surface area contributed by atoms with E-state index in [1.54, 1.807) is 13.8 Å². The normalized spacial score (nSPS) is 39.8. The number of aliphatic hydroxyl groups excluding tert-OH is 26. The minimum absolute atomic E-state index is 0.144. The van der Waals surface area contributed by atoms with E-state index in [4.69, 9.17) is 37.9 Å². The molecule has 34 nitrogen and oxygen atoms in total. The Kier molecular flexibility index (Phi) is 30.1. The highest BCUT2D eigenvalue weighted by molar-refractivity contribution is 5.15. The Morgan fingerprint density at radius 1 is 0.291 bits per heavy atom. The van der Waals surface area contributed by atoms with Crippen LogP contribution in [-0.2, 0) is 37.9 Å². The third-order valence-corrected chi connectivity index (χ3v) is 11.6. The molecule has 17 unspecified atom stereocenters. The lowest BCUT2D eigenvalue weighted by molar-refractivity contribution is -0.327. The van der Waals surface area contributed by atoms with Gasteiger partial charge in [0.15, 0.2) is 75.4 Å². The molecular weight excluding hydrogens is 1080 g/mol. The van der Waals surface area contributed by atoms with Gasteiger partial charge >= 0.3 is 0 Å². The summed E-state index contributed by atoms with van der Waals surface area (Å²) in [7, 11) is 0. The van der Waals surface area contributed by atoms with Crippen molar-refractivity contribution in [2.24, 2.45) is 5.92 Å². The van der Waals surface area contributed by atoms with Crippen LogP contribution in [0.2, 0.25) is 0 Å². The van der Waals surface area contributed by atoms with E-state index in [0.29, 0.717) is 0 Å². The zero-order valence-corrected chi connectivity index (χ0v) is 42.5. The zero-order chi connectivity index (χ0) is 60.2. The van der Waals surface area contributed by atoms with E-state index >= 15 is 0 Å². The van der Waals surface area contributed by atoms with Crippen molar-refractivity contribution in [3.8, 4) is 0 Å². The monoisotopic (exact) mass is 1160 g/mol. The van der Waals surface area contributed by atoms with Crippen LogP contribution in [0.5, 0.6) is 0 Å². The lowest BCUT2D eigenvalue weighted by Gasteiger charge is -2.44. The maximum Gasteiger partial charge on any atom is 0.218 e. The molecule has 2 bridgehead atoms. The molecule has 79 heavy (non-hydrogen) atoms. The Labute approximate surface area is 448 Å². The minimum Gasteiger partial charge on any atom is -0.506 e. The summed E-state index contributed by atoms with van der Waals surface area (Å²) in [5.41, 5.74) is 0. The van der Waals surface area contributed by atoms with E-state index < -0.39 is 252 Å². The van der Waals surface area contributed by atoms with Crippen molar-refractivity contribution in [3.63, 3.8) is 0 Å². The van der Waals surface area contributed by atoms with Crippen molar-refractivity contribution in [1.82, 2.24) is 0 Å². The van der Waals surface area contributed by atoms with Crippen LogP contribution in [-0.4, -0.2) is 277 Å². The second kappa shape index (κ2) is 33.8. The van der Waals surface area contributed by atoms with Gasteiger partial charge < -0.3 is 171 Å². The van der Waals surface area contributed by atoms with Gasteiger partial charge in [-0.2, -0.15) is 0 Å². The molecule has 0 aromatic heterocycles. The summed E-state index contributed by atoms with van der Waals surface area (Å²) < 4.78 is 42.1. The Morgan fingerprint density at radius 2 is 0.506 bits per heavy atom. The molecule has 0 aromatic carbocycles. The van der Waals surface area contributed by atoms with Gasteiger partial charge in [-0.15, -0.1) is 0 Å². The van der Waals surface area contributed by atoms with Gasteiger partial charge in [-0.05, 0) is 12.3 Å². The second-order valence-corrected chi connectivity index (χ2v) is 17.8. The van der Waals surface area contributed by atoms with Crippen LogP contribution in [0, 0.1) is 5.92 Å². The van der Waals surface area contributed by atoms with Gasteiger partial charge in [0.05, 0.1) is 6.10 Å². The number of aliphatic hydroxyl groups is 26. The highest BCUT2D eigenvalue weighted by atomic mass is 16.7. The van der Waals surface area contributed by atoms with Gasteiger partial charge in [0, 0.05) is 78.2 Å². The topological polar surface area (TPSA) is 600 Å². The summed E-state index contributed by atoms with van der Waals surface area (Å²) >= 11 is 0. The molecule has 460 valence electrons. The average Bonchev–Trinajstić information content (AvgIpc) is 3.41. The van der Waals surface area contributed by atoms with Crippen LogP contribution < -0.4 is 0 Å². The molecule has 3 aliphatic heterocycles. The van der Waals surface area contributed by atoms with Crippen molar-refractivity contribution in [2.75, 3.05) is 39.6 Å². The maximum absolute atomic E-state index is 11.3. The van der Waals surface area contributed by atoms with Crippen molar-refractivity contribution in [1.29, 1.82) is 0 Å². The quantitative estimate of drug-likeness (QED) is 0.0798. The SMILES string of the molecule is CC(C)CC1OC2OC(CCO)/C(O)=C(/O)C(O)OC(CCO)/C(O)=C(\O)C(O)OC(CCO)/C(O)=C(\O)C(O)OC(CCO)/C(O)=C(\O)C(O)OC(CCO)/C(O)=C(/O)C(O)OC(CCO)/C(O)=C(\O)C(O)OC1C(O)C2O. The fraction of sp³-hybridized carbons (Fsp3) is 0.733. The first-order chi connectivity index (χ1) is 37.1. The highest BCUT2D eigenvalue weighted by Gasteiger charge is 2.49. The smallest absolute Gasteiger partial charge is 0.218 e. The van der Waals surface area contributed by atoms with Gasteiger partial charge in [-0.1, -0.05) is 13.8 Å². The third-order valence-electron chi connectivity index (χ3n) is 11.6. The fourth-order valence-corrected chi connectivity index (χ4v) is 7.38. The number of hydrogen-bond acceptors (Lipinski definition) is 34. The first kappa shape index (κ1) is 70.3. The fourth-order valence-electron chi connectivity index (χ4n) is 7.38. The van der Waals surface area contributed by atoms with E-state index in [2.05, 4.69) is 0 Å². The summed E-state index contributed by atoms with van der Waals surface area (Å²) in [6.45, 7) is -2.48. The van der Waals surface area contributed by atoms with Gasteiger partial charge in [-0.25, -0.2) is 0 Å². The van der Waals surface area contributed by atoms with Crippen LogP contribution in [0.15, 0.2) is 69.1 Å². The standard InChI is InChI=1S/C45H76O34/c1-16(2)15-23-38-30(58)37(65)45(78-23)77-22(8-14-51)29(57)35(63)43(70)75-20(6-12-49)27(55)33(61)41(68)73-18(4-10-47)25(53)31(59)39(66)72-17(3-9-46)24(52)32(60)40(67)74-19(5-11-48)26(54)34(62)42(69)76-21(7-13-50)28(56)36(64)44(71)79-38/h16-23,30,37-71H,3-15H2,1-2H3/b31-25+,32-24+,33-27+,34-26-,35-29-,36-28+. The van der Waals surface area contributed by atoms with E-state index in [1.165, 1.54) is 0 Å². The first-order valence-corrected chi connectivity index (χ1v) is 24.1. The summed E-state index contributed by atoms with van der Waals surface area (Å²) in [4.78, 5) is 0. The lowest BCUT2D eigenvalue weighted by Crippen LogP contribution is -2.60. The first-order valence-electron chi connectivity index (χ1n) is 24.1. The molecule has 3 rings (SSSR count). The van der Waals surface area contributed by atoms with E-state index in [1.807, 2.05) is 0 Å². The summed E-state index contributed by atoms with van der Waals surface area (Å²) in [5, 5.41) is 276. The molecule has 0 aromatic rings. The molecular formula is C45H76O34. The van der Waals surface area contributed by atoms with Gasteiger partial charge in [0.2, 0.25) is 37.7 Å². The number of hydrogen-bond donors (Lipinski definition) is 26. The highest BCUT2D eigenvalue weighted by Crippen LogP contribution is 2.33. The Balaban J connectivity index is 2.91. The number of rotatable bonds is 14. The van der Waals surface area contributed by atoms with Crippen LogP contribution in [0.4, 0.5) is 0 Å². The van der Waals surface area contributed by atoms with Crippen LogP contribution in [0.1, 0.15) is 58.8 Å². The third kappa shape index (κ3) is 19.7. The van der Waals surface area contributed by atoms with Crippen molar-refractivity contribution < 1.29 is 171 Å². The molecule has 1 saturated heterocycles. The van der Waals surface area contributed by atoms with Crippen molar-refractivity contribution in [2.45, 2.75) is 164 Å². The van der Waals surface area contributed by atoms with Crippen molar-refractivity contribution in [3.05, 3.63) is 69.1 Å². The van der Waals surface area contributed by atoms with Crippen molar-refractivity contribution >= 4 is 0 Å². The minimum atomic E-state index is -2.85. The van der Waals surface area contributed by atoms with Gasteiger partial charge in [-0.3, -0.25) is 0 Å². The predicted molar refractivity (Wildman–Crippen MR) is 254 cm³/mol. The molecule has 17 atom stereocenters. The van der Waals surface area contributed by atoms with Gasteiger partial charge in [0.1, 0.15) is 54.9 Å². The molecule has 26 N–H and O–H groups in total. The number of fused-ring (bicyclic) bond motifs is 26. The summed E-state index contributed by atoms with van der Waals surface area (Å²) in [5.74, 6) is -19.1. The molecule has 0 amide bonds. The lowest BCUT2D eigenvalue weighted by atomic mass is 9.92. The van der Waals surface area contributed by atoms with E-state index in [0.717, 1.165) is 0 Å². The van der Waals surface area contributed by atoms with Crippen LogP contribution in [0.25, 0.3) is 0 Å². The molecule has 3 heterocycles. The van der Waals surface area contributed by atoms with Gasteiger partial charge in [0.25, 0.3) is 0 Å². The number of ether oxygens (including phenoxy) is 8. The predicted octanol–water partition coefficient (Wildman–Crippen LogP) is -3.64. The molecule has 3 aliphatic rings. The maximum atomic E-state index is 11.3. The Hall–Kier alpha value is -4.84. The zero-order valence-electron chi connectivity index (χ0n) is 42.5. The Bertz CT molecular complexity index is 2040. The largest absolute Gasteiger partial charge is 0.506 e. The van der Waals surface area contributed by atoms with Crippen LogP contribution >= 0.6 is 0 Å². The molecule has 0 saturated carbocycles. The summed E-state index contributed by atoms with van der Waals surface area (Å²) in [6, 6.07) is 0. The summed E-state index contributed by atoms with van der Waals surface area (Å²) in [6.07, 6.45) is -44.7. The van der Waals surface area contributed by atoms with E-state index in [-0.39, 0.29) is 12.3 Å². The molecule has 0 radical (unpaired) electrons. The molecule has 0 aliphatic carbocycles. The second-order valence-electron chi connectivity index (χ2n) is 17.8. The van der Waals surface area contributed by atoms with E-state index in [9.17, 15) is 133 Å². The molecule has 0 spiro atoms. The van der Waals surface area contributed by atoms with Crippen LogP contribution in [0.3, 0.4) is 0 Å². The average molecular weight is 1160 g/mol.